The lowest BCUT2D eigenvalue weighted by atomic mass is 10.1. The van der Waals surface area contributed by atoms with Crippen molar-refractivity contribution >= 4 is 0 Å². The second-order valence-electron chi connectivity index (χ2n) is 4.47. The SMILES string of the molecule is Oc1cc(F)cc(C2OCc3ccccc3CO2)c1. The van der Waals surface area contributed by atoms with Crippen molar-refractivity contribution < 1.29 is 19.0 Å². The highest BCUT2D eigenvalue weighted by molar-refractivity contribution is 5.30. The molecule has 19 heavy (non-hydrogen) atoms. The molecule has 1 aliphatic rings. The number of rotatable bonds is 1. The monoisotopic (exact) mass is 260 g/mol. The van der Waals surface area contributed by atoms with Gasteiger partial charge in [0.15, 0.2) is 6.29 Å². The quantitative estimate of drug-likeness (QED) is 0.855. The van der Waals surface area contributed by atoms with Crippen molar-refractivity contribution in [2.75, 3.05) is 0 Å². The molecule has 0 radical (unpaired) electrons. The van der Waals surface area contributed by atoms with Gasteiger partial charge in [-0.05, 0) is 23.3 Å². The normalized spacial score (nSPS) is 15.8. The summed E-state index contributed by atoms with van der Waals surface area (Å²) in [6.07, 6.45) is -0.672. The zero-order chi connectivity index (χ0) is 13.2. The molecule has 1 N–H and O–H groups in total. The molecule has 3 nitrogen and oxygen atoms in total. The lowest BCUT2D eigenvalue weighted by Crippen LogP contribution is -2.05. The zero-order valence-corrected chi connectivity index (χ0v) is 10.2. The standard InChI is InChI=1S/C15H13FO3/c16-13-5-12(6-14(17)7-13)15-18-8-10-3-1-2-4-11(10)9-19-15/h1-7,15,17H,8-9H2. The van der Waals surface area contributed by atoms with Gasteiger partial charge < -0.3 is 14.6 Å². The van der Waals surface area contributed by atoms with Crippen molar-refractivity contribution in [2.24, 2.45) is 0 Å². The molecule has 0 atom stereocenters. The molecular weight excluding hydrogens is 247 g/mol. The Labute approximate surface area is 110 Å². The fraction of sp³-hybridized carbons (Fsp3) is 0.200. The van der Waals surface area contributed by atoms with E-state index < -0.39 is 12.1 Å². The van der Waals surface area contributed by atoms with Crippen LogP contribution in [0.5, 0.6) is 5.75 Å². The van der Waals surface area contributed by atoms with E-state index in [1.807, 2.05) is 24.3 Å². The number of hydrogen-bond donors (Lipinski definition) is 1. The largest absolute Gasteiger partial charge is 0.508 e. The molecule has 98 valence electrons. The Kier molecular flexibility index (Phi) is 3.19. The average Bonchev–Trinajstić information content (AvgIpc) is 2.60. The van der Waals surface area contributed by atoms with Gasteiger partial charge in [-0.3, -0.25) is 0 Å². The van der Waals surface area contributed by atoms with Gasteiger partial charge in [0.05, 0.1) is 13.2 Å². The Morgan fingerprint density at radius 2 is 1.63 bits per heavy atom. The zero-order valence-electron chi connectivity index (χ0n) is 10.2. The number of fused-ring (bicyclic) bond motifs is 1. The lowest BCUT2D eigenvalue weighted by Gasteiger charge is -2.16. The summed E-state index contributed by atoms with van der Waals surface area (Å²) in [6.45, 7) is 0.802. The lowest BCUT2D eigenvalue weighted by molar-refractivity contribution is -0.153. The smallest absolute Gasteiger partial charge is 0.184 e. The molecule has 0 bridgehead atoms. The molecule has 4 heteroatoms. The third kappa shape index (κ3) is 2.59. The first kappa shape index (κ1) is 12.1. The molecule has 2 aromatic rings. The molecule has 0 saturated heterocycles. The van der Waals surface area contributed by atoms with Gasteiger partial charge in [0.25, 0.3) is 0 Å². The number of halogens is 1. The second-order valence-corrected chi connectivity index (χ2v) is 4.47. The summed E-state index contributed by atoms with van der Waals surface area (Å²) in [4.78, 5) is 0. The number of phenolic OH excluding ortho intramolecular Hbond substituents is 1. The average molecular weight is 260 g/mol. The highest BCUT2D eigenvalue weighted by Gasteiger charge is 2.19. The molecule has 0 amide bonds. The van der Waals surface area contributed by atoms with Gasteiger partial charge in [-0.2, -0.15) is 0 Å². The molecular formula is C15H13FO3. The molecule has 1 heterocycles. The molecule has 0 aromatic heterocycles. The summed E-state index contributed by atoms with van der Waals surface area (Å²) in [5, 5.41) is 9.42. The van der Waals surface area contributed by atoms with E-state index in [1.54, 1.807) is 0 Å². The van der Waals surface area contributed by atoms with E-state index in [0.717, 1.165) is 17.2 Å². The molecule has 0 saturated carbocycles. The topological polar surface area (TPSA) is 38.7 Å². The van der Waals surface area contributed by atoms with Crippen LogP contribution in [-0.4, -0.2) is 5.11 Å². The Hall–Kier alpha value is -1.91. The van der Waals surface area contributed by atoms with E-state index >= 15 is 0 Å². The van der Waals surface area contributed by atoms with Crippen LogP contribution in [0.15, 0.2) is 42.5 Å². The van der Waals surface area contributed by atoms with Crippen LogP contribution in [0.2, 0.25) is 0 Å². The van der Waals surface area contributed by atoms with Crippen molar-refractivity contribution in [1.29, 1.82) is 0 Å². The van der Waals surface area contributed by atoms with E-state index in [-0.39, 0.29) is 5.75 Å². The highest BCUT2D eigenvalue weighted by Crippen LogP contribution is 2.29. The van der Waals surface area contributed by atoms with Crippen molar-refractivity contribution in [1.82, 2.24) is 0 Å². The molecule has 0 unspecified atom stereocenters. The molecule has 0 fully saturated rings. The van der Waals surface area contributed by atoms with Crippen LogP contribution in [0.25, 0.3) is 0 Å². The number of ether oxygens (including phenoxy) is 2. The van der Waals surface area contributed by atoms with E-state index in [2.05, 4.69) is 0 Å². The van der Waals surface area contributed by atoms with Crippen LogP contribution in [-0.2, 0) is 22.7 Å². The minimum Gasteiger partial charge on any atom is -0.508 e. The summed E-state index contributed by atoms with van der Waals surface area (Å²) in [5.74, 6) is -0.645. The maximum atomic E-state index is 13.3. The fourth-order valence-electron chi connectivity index (χ4n) is 2.14. The van der Waals surface area contributed by atoms with Crippen molar-refractivity contribution in [3.05, 3.63) is 65.0 Å². The number of phenols is 1. The molecule has 3 rings (SSSR count). The van der Waals surface area contributed by atoms with E-state index in [9.17, 15) is 9.50 Å². The van der Waals surface area contributed by atoms with Crippen LogP contribution in [0.4, 0.5) is 4.39 Å². The van der Waals surface area contributed by atoms with Crippen molar-refractivity contribution in [3.8, 4) is 5.75 Å². The van der Waals surface area contributed by atoms with Crippen LogP contribution in [0, 0.1) is 5.82 Å². The summed E-state index contributed by atoms with van der Waals surface area (Å²) in [6, 6.07) is 11.6. The van der Waals surface area contributed by atoms with Gasteiger partial charge in [0.1, 0.15) is 11.6 Å². The van der Waals surface area contributed by atoms with Gasteiger partial charge in [-0.25, -0.2) is 4.39 Å². The first-order valence-electron chi connectivity index (χ1n) is 6.02. The first-order chi connectivity index (χ1) is 9.22. The first-order valence-corrected chi connectivity index (χ1v) is 6.02. The summed E-state index contributed by atoms with van der Waals surface area (Å²) >= 11 is 0. The molecule has 2 aromatic carbocycles. The third-order valence-electron chi connectivity index (χ3n) is 3.08. The van der Waals surface area contributed by atoms with Gasteiger partial charge in [0, 0.05) is 11.6 Å². The maximum absolute atomic E-state index is 13.3. The fourth-order valence-corrected chi connectivity index (χ4v) is 2.14. The van der Waals surface area contributed by atoms with Gasteiger partial charge >= 0.3 is 0 Å². The second kappa shape index (κ2) is 4.99. The van der Waals surface area contributed by atoms with Crippen LogP contribution >= 0.6 is 0 Å². The highest BCUT2D eigenvalue weighted by atomic mass is 19.1. The number of aromatic hydroxyl groups is 1. The predicted octanol–water partition coefficient (Wildman–Crippen LogP) is 3.28. The van der Waals surface area contributed by atoms with Crippen molar-refractivity contribution in [3.63, 3.8) is 0 Å². The van der Waals surface area contributed by atoms with Crippen LogP contribution < -0.4 is 0 Å². The minimum atomic E-state index is -0.672. The van der Waals surface area contributed by atoms with Crippen LogP contribution in [0.1, 0.15) is 23.0 Å². The summed E-state index contributed by atoms with van der Waals surface area (Å²) in [7, 11) is 0. The Balaban J connectivity index is 1.85. The minimum absolute atomic E-state index is 0.135. The predicted molar refractivity (Wildman–Crippen MR) is 66.8 cm³/mol. The summed E-state index contributed by atoms with van der Waals surface area (Å²) in [5.41, 5.74) is 2.60. The van der Waals surface area contributed by atoms with Crippen LogP contribution in [0.3, 0.4) is 0 Å². The maximum Gasteiger partial charge on any atom is 0.184 e. The molecule has 0 spiro atoms. The van der Waals surface area contributed by atoms with Gasteiger partial charge in [-0.1, -0.05) is 24.3 Å². The van der Waals surface area contributed by atoms with E-state index in [1.165, 1.54) is 12.1 Å². The number of benzene rings is 2. The molecule has 1 aliphatic heterocycles. The Morgan fingerprint density at radius 1 is 1.00 bits per heavy atom. The van der Waals surface area contributed by atoms with Crippen molar-refractivity contribution in [2.45, 2.75) is 19.5 Å². The number of hydrogen-bond acceptors (Lipinski definition) is 3. The third-order valence-corrected chi connectivity index (χ3v) is 3.08. The Morgan fingerprint density at radius 3 is 2.21 bits per heavy atom. The Bertz CT molecular complexity index is 550. The molecule has 0 aliphatic carbocycles. The van der Waals surface area contributed by atoms with E-state index in [4.69, 9.17) is 9.47 Å². The summed E-state index contributed by atoms with van der Waals surface area (Å²) < 4.78 is 24.5. The van der Waals surface area contributed by atoms with Gasteiger partial charge in [-0.15, -0.1) is 0 Å². The van der Waals surface area contributed by atoms with E-state index in [0.29, 0.717) is 18.8 Å². The van der Waals surface area contributed by atoms with Gasteiger partial charge in [0.2, 0.25) is 0 Å².